The lowest BCUT2D eigenvalue weighted by Crippen LogP contribution is -2.65. The lowest BCUT2D eigenvalue weighted by atomic mass is 9.98. The molecule has 0 aromatic heterocycles. The summed E-state index contributed by atoms with van der Waals surface area (Å²) in [4.78, 5) is 0. The molecule has 0 aromatic carbocycles. The average molecular weight is 282 g/mol. The van der Waals surface area contributed by atoms with Gasteiger partial charge in [-0.15, -0.1) is 0 Å². The molecule has 2 saturated heterocycles. The van der Waals surface area contributed by atoms with Crippen LogP contribution in [0.25, 0.3) is 0 Å². The smallest absolute Gasteiger partial charge is 0.0981 e. The molecular formula is C16H34N4. The van der Waals surface area contributed by atoms with E-state index in [-0.39, 0.29) is 5.66 Å². The minimum Gasteiger partial charge on any atom is -0.298 e. The van der Waals surface area contributed by atoms with Gasteiger partial charge in [-0.05, 0) is 6.42 Å². The van der Waals surface area contributed by atoms with Crippen LogP contribution in [0, 0.1) is 0 Å². The van der Waals surface area contributed by atoms with E-state index in [1.165, 1.54) is 57.8 Å². The third-order valence-corrected chi connectivity index (χ3v) is 4.75. The van der Waals surface area contributed by atoms with Crippen molar-refractivity contribution in [2.24, 2.45) is 0 Å². The molecule has 4 heteroatoms. The van der Waals surface area contributed by atoms with Crippen LogP contribution in [0.1, 0.15) is 64.7 Å². The molecule has 2 heterocycles. The first-order valence-corrected chi connectivity index (χ1v) is 8.84. The molecule has 2 fully saturated rings. The van der Waals surface area contributed by atoms with E-state index in [4.69, 9.17) is 0 Å². The molecule has 0 amide bonds. The van der Waals surface area contributed by atoms with E-state index >= 15 is 0 Å². The molecule has 0 radical (unpaired) electrons. The van der Waals surface area contributed by atoms with E-state index in [0.717, 1.165) is 26.2 Å². The number of nitrogens with one attached hydrogen (secondary N) is 4. The molecule has 2 aliphatic heterocycles. The number of unbranched alkanes of at least 4 members (excludes halogenated alkanes) is 7. The molecule has 118 valence electrons. The van der Waals surface area contributed by atoms with Gasteiger partial charge in [-0.2, -0.15) is 0 Å². The molecule has 4 N–H and O–H groups in total. The fraction of sp³-hybridized carbons (Fsp3) is 1.00. The third-order valence-electron chi connectivity index (χ3n) is 4.75. The normalized spacial score (nSPS) is 22.6. The Hall–Kier alpha value is -0.160. The molecule has 2 aliphatic rings. The molecule has 20 heavy (non-hydrogen) atoms. The van der Waals surface area contributed by atoms with Crippen LogP contribution in [0.3, 0.4) is 0 Å². The van der Waals surface area contributed by atoms with Gasteiger partial charge in [0.1, 0.15) is 0 Å². The predicted octanol–water partition coefficient (Wildman–Crippen LogP) is 1.93. The van der Waals surface area contributed by atoms with Crippen molar-refractivity contribution in [3.05, 3.63) is 0 Å². The summed E-state index contributed by atoms with van der Waals surface area (Å²) in [6, 6.07) is 0. The lowest BCUT2D eigenvalue weighted by Gasteiger charge is -2.36. The van der Waals surface area contributed by atoms with Crippen molar-refractivity contribution < 1.29 is 0 Å². The van der Waals surface area contributed by atoms with Crippen LogP contribution < -0.4 is 21.3 Å². The highest BCUT2D eigenvalue weighted by Crippen LogP contribution is 2.20. The fourth-order valence-corrected chi connectivity index (χ4v) is 3.55. The van der Waals surface area contributed by atoms with Gasteiger partial charge in [0.15, 0.2) is 0 Å². The molecule has 0 aliphatic carbocycles. The molecule has 0 spiro atoms. The van der Waals surface area contributed by atoms with E-state index in [1.807, 2.05) is 0 Å². The Labute approximate surface area is 124 Å². The summed E-state index contributed by atoms with van der Waals surface area (Å²) in [6.07, 6.45) is 12.8. The summed E-state index contributed by atoms with van der Waals surface area (Å²) in [5.41, 5.74) is 0.0959. The number of rotatable bonds is 10. The molecule has 0 saturated carbocycles. The van der Waals surface area contributed by atoms with Gasteiger partial charge in [0, 0.05) is 26.2 Å². The van der Waals surface area contributed by atoms with Crippen LogP contribution in [0.5, 0.6) is 0 Å². The van der Waals surface area contributed by atoms with Gasteiger partial charge in [-0.3, -0.25) is 21.3 Å². The van der Waals surface area contributed by atoms with Crippen molar-refractivity contribution in [1.82, 2.24) is 21.3 Å². The van der Waals surface area contributed by atoms with Gasteiger partial charge < -0.3 is 0 Å². The molecule has 0 bridgehead atoms. The van der Waals surface area contributed by atoms with Gasteiger partial charge in [0.05, 0.1) is 11.8 Å². The third kappa shape index (κ3) is 4.69. The van der Waals surface area contributed by atoms with Crippen LogP contribution in [0.2, 0.25) is 0 Å². The topological polar surface area (TPSA) is 48.1 Å². The summed E-state index contributed by atoms with van der Waals surface area (Å²) < 4.78 is 0. The van der Waals surface area contributed by atoms with E-state index in [2.05, 4.69) is 28.2 Å². The molecule has 0 aromatic rings. The minimum absolute atomic E-state index is 0.0959. The van der Waals surface area contributed by atoms with Crippen molar-refractivity contribution >= 4 is 0 Å². The van der Waals surface area contributed by atoms with Gasteiger partial charge in [-0.25, -0.2) is 0 Å². The number of hydrogen-bond donors (Lipinski definition) is 4. The maximum atomic E-state index is 3.69. The zero-order chi connectivity index (χ0) is 14.1. The van der Waals surface area contributed by atoms with E-state index in [9.17, 15) is 0 Å². The second-order valence-corrected chi connectivity index (χ2v) is 6.39. The largest absolute Gasteiger partial charge is 0.298 e. The SMILES string of the molecule is CCCCCCCCCCC1(C2NCCN2)NCCN1. The van der Waals surface area contributed by atoms with Crippen molar-refractivity contribution in [2.45, 2.75) is 76.5 Å². The monoisotopic (exact) mass is 282 g/mol. The van der Waals surface area contributed by atoms with Crippen LogP contribution in [-0.2, 0) is 0 Å². The Bertz CT molecular complexity index is 245. The Morgan fingerprint density at radius 3 is 1.90 bits per heavy atom. The summed E-state index contributed by atoms with van der Waals surface area (Å²) in [7, 11) is 0. The van der Waals surface area contributed by atoms with Crippen molar-refractivity contribution in [3.63, 3.8) is 0 Å². The van der Waals surface area contributed by atoms with Crippen LogP contribution in [-0.4, -0.2) is 38.0 Å². The molecule has 0 atom stereocenters. The molecule has 4 nitrogen and oxygen atoms in total. The Morgan fingerprint density at radius 2 is 1.30 bits per heavy atom. The second-order valence-electron chi connectivity index (χ2n) is 6.39. The molecule has 0 unspecified atom stereocenters. The summed E-state index contributed by atoms with van der Waals surface area (Å²) in [6.45, 7) is 6.65. The highest BCUT2D eigenvalue weighted by molar-refractivity contribution is 5.01. The highest BCUT2D eigenvalue weighted by Gasteiger charge is 2.41. The average Bonchev–Trinajstić information content (AvgIpc) is 3.13. The molecular weight excluding hydrogens is 248 g/mol. The maximum absolute atomic E-state index is 3.69. The Balaban J connectivity index is 1.58. The fourth-order valence-electron chi connectivity index (χ4n) is 3.55. The van der Waals surface area contributed by atoms with Crippen LogP contribution in [0.15, 0.2) is 0 Å². The first-order chi connectivity index (χ1) is 9.87. The highest BCUT2D eigenvalue weighted by atomic mass is 15.4. The van der Waals surface area contributed by atoms with E-state index in [0.29, 0.717) is 6.17 Å². The van der Waals surface area contributed by atoms with Crippen molar-refractivity contribution in [2.75, 3.05) is 26.2 Å². The predicted molar refractivity (Wildman–Crippen MR) is 85.8 cm³/mol. The second kappa shape index (κ2) is 8.98. The maximum Gasteiger partial charge on any atom is 0.0981 e. The first kappa shape index (κ1) is 16.2. The van der Waals surface area contributed by atoms with Crippen LogP contribution >= 0.6 is 0 Å². The summed E-state index contributed by atoms with van der Waals surface area (Å²) in [5.74, 6) is 0. The van der Waals surface area contributed by atoms with E-state index in [1.54, 1.807) is 0 Å². The Kier molecular flexibility index (Phi) is 7.28. The first-order valence-electron chi connectivity index (χ1n) is 8.84. The lowest BCUT2D eigenvalue weighted by molar-refractivity contribution is 0.210. The summed E-state index contributed by atoms with van der Waals surface area (Å²) >= 11 is 0. The quantitative estimate of drug-likeness (QED) is 0.463. The molecule has 2 rings (SSSR count). The minimum atomic E-state index is 0.0959. The zero-order valence-corrected chi connectivity index (χ0v) is 13.3. The van der Waals surface area contributed by atoms with Gasteiger partial charge in [0.25, 0.3) is 0 Å². The van der Waals surface area contributed by atoms with Crippen molar-refractivity contribution in [3.8, 4) is 0 Å². The van der Waals surface area contributed by atoms with Gasteiger partial charge >= 0.3 is 0 Å². The number of hydrogen-bond acceptors (Lipinski definition) is 4. The van der Waals surface area contributed by atoms with E-state index < -0.39 is 0 Å². The van der Waals surface area contributed by atoms with Gasteiger partial charge in [0.2, 0.25) is 0 Å². The van der Waals surface area contributed by atoms with Crippen molar-refractivity contribution in [1.29, 1.82) is 0 Å². The summed E-state index contributed by atoms with van der Waals surface area (Å²) in [5, 5.41) is 14.5. The zero-order valence-electron chi connectivity index (χ0n) is 13.3. The van der Waals surface area contributed by atoms with Crippen LogP contribution in [0.4, 0.5) is 0 Å². The Morgan fingerprint density at radius 1 is 0.750 bits per heavy atom. The standard InChI is InChI=1S/C16H34N4/c1-2-3-4-5-6-7-8-9-10-16(19-13-14-20-16)15-17-11-12-18-15/h15,17-20H,2-14H2,1H3. The van der Waals surface area contributed by atoms with Gasteiger partial charge in [-0.1, -0.05) is 58.3 Å².